The van der Waals surface area contributed by atoms with Crippen molar-refractivity contribution in [3.8, 4) is 22.8 Å². The highest BCUT2D eigenvalue weighted by Gasteiger charge is 2.36. The number of nitrogens with zero attached hydrogens (tertiary/aromatic N) is 3. The molecular formula is C34H29ClF3N3O5. The number of para-hydroxylation sites is 1. The number of fused-ring (bicyclic) bond motifs is 1. The Hall–Kier alpha value is -4.64. The summed E-state index contributed by atoms with van der Waals surface area (Å²) in [6.07, 6.45) is -1.25. The Morgan fingerprint density at radius 3 is 2.57 bits per heavy atom. The summed E-state index contributed by atoms with van der Waals surface area (Å²) < 4.78 is 62.2. The minimum Gasteiger partial charge on any atom is -0.489 e. The molecule has 2 aliphatic rings. The van der Waals surface area contributed by atoms with Crippen LogP contribution in [-0.4, -0.2) is 42.3 Å². The monoisotopic (exact) mass is 651 g/mol. The van der Waals surface area contributed by atoms with Gasteiger partial charge in [0.15, 0.2) is 0 Å². The van der Waals surface area contributed by atoms with E-state index in [1.165, 1.54) is 25.3 Å². The molecule has 0 radical (unpaired) electrons. The number of aromatic nitrogens is 2. The molecule has 1 aliphatic heterocycles. The SMILES string of the molecule is COC(=O)c1cn(C)c2ccc(N3CC(c4ccc(OCc5c(-c6ccccc6OC(F)(F)F)noc5C5CC5)cc4Cl)C3)cc12. The molecule has 7 rings (SSSR count). The van der Waals surface area contributed by atoms with Crippen molar-refractivity contribution in [2.75, 3.05) is 25.1 Å². The first-order valence-electron chi connectivity index (χ1n) is 14.8. The number of methoxy groups -OCH3 is 1. The topological polar surface area (TPSA) is 79.0 Å². The maximum absolute atomic E-state index is 13.1. The highest BCUT2D eigenvalue weighted by atomic mass is 35.5. The summed E-state index contributed by atoms with van der Waals surface area (Å²) in [6, 6.07) is 17.4. The van der Waals surface area contributed by atoms with Crippen LogP contribution in [0.25, 0.3) is 22.2 Å². The van der Waals surface area contributed by atoms with Crippen LogP contribution < -0.4 is 14.4 Å². The van der Waals surface area contributed by atoms with Crippen molar-refractivity contribution in [1.82, 2.24) is 9.72 Å². The van der Waals surface area contributed by atoms with Crippen molar-refractivity contribution in [3.63, 3.8) is 0 Å². The number of aryl methyl sites for hydroxylation is 1. The van der Waals surface area contributed by atoms with Crippen molar-refractivity contribution in [3.05, 3.63) is 94.3 Å². The molecular weight excluding hydrogens is 623 g/mol. The van der Waals surface area contributed by atoms with Gasteiger partial charge in [-0.3, -0.25) is 0 Å². The second kappa shape index (κ2) is 11.6. The van der Waals surface area contributed by atoms with Crippen molar-refractivity contribution >= 4 is 34.2 Å². The minimum absolute atomic E-state index is 0.0351. The summed E-state index contributed by atoms with van der Waals surface area (Å²) in [6.45, 7) is 1.54. The minimum atomic E-state index is -4.85. The Morgan fingerprint density at radius 1 is 1.07 bits per heavy atom. The molecule has 5 aromatic rings. The number of rotatable bonds is 9. The number of hydrogen-bond donors (Lipinski definition) is 0. The summed E-state index contributed by atoms with van der Waals surface area (Å²) in [5.74, 6) is 0.746. The van der Waals surface area contributed by atoms with E-state index in [4.69, 9.17) is 25.6 Å². The largest absolute Gasteiger partial charge is 0.573 e. The number of anilines is 1. The zero-order valence-electron chi connectivity index (χ0n) is 24.9. The van der Waals surface area contributed by atoms with Crippen LogP contribution in [0.4, 0.5) is 18.9 Å². The van der Waals surface area contributed by atoms with Crippen LogP contribution in [0.15, 0.2) is 71.4 Å². The first-order valence-corrected chi connectivity index (χ1v) is 15.2. The highest BCUT2D eigenvalue weighted by molar-refractivity contribution is 6.31. The van der Waals surface area contributed by atoms with Crippen molar-refractivity contribution in [2.24, 2.45) is 7.05 Å². The van der Waals surface area contributed by atoms with E-state index in [2.05, 4.69) is 14.8 Å². The van der Waals surface area contributed by atoms with E-state index in [1.807, 2.05) is 41.9 Å². The molecule has 3 heterocycles. The molecule has 2 fully saturated rings. The van der Waals surface area contributed by atoms with E-state index in [9.17, 15) is 18.0 Å². The van der Waals surface area contributed by atoms with Gasteiger partial charge in [0.2, 0.25) is 0 Å². The molecule has 0 amide bonds. The summed E-state index contributed by atoms with van der Waals surface area (Å²) >= 11 is 6.74. The lowest BCUT2D eigenvalue weighted by Gasteiger charge is -2.41. The molecule has 1 saturated heterocycles. The zero-order valence-corrected chi connectivity index (χ0v) is 25.7. The van der Waals surface area contributed by atoms with Gasteiger partial charge < -0.3 is 28.2 Å². The van der Waals surface area contributed by atoms with Gasteiger partial charge in [0.05, 0.1) is 18.2 Å². The molecule has 8 nitrogen and oxygen atoms in total. The maximum atomic E-state index is 13.1. The number of alkyl halides is 3. The molecule has 46 heavy (non-hydrogen) atoms. The third kappa shape index (κ3) is 5.75. The summed E-state index contributed by atoms with van der Waals surface area (Å²) in [7, 11) is 3.27. The standard InChI is InChI=1S/C34H29ClF3N3O5/c1-40-17-26(33(42)43-2)25-13-21(9-12-29(25)40)41-15-20(16-41)23-11-10-22(14-28(23)35)44-18-27-31(39-46-32(27)19-7-8-19)24-5-3-4-6-30(24)45-34(36,37)38/h3-6,9-14,17,19-20H,7-8,15-16,18H2,1-2H3. The fourth-order valence-corrected chi connectivity index (χ4v) is 6.36. The first kappa shape index (κ1) is 30.0. The van der Waals surface area contributed by atoms with Crippen LogP contribution >= 0.6 is 11.6 Å². The summed E-state index contributed by atoms with van der Waals surface area (Å²) in [4.78, 5) is 14.5. The van der Waals surface area contributed by atoms with E-state index in [1.54, 1.807) is 18.3 Å². The normalized spacial score (nSPS) is 15.2. The molecule has 0 atom stereocenters. The number of benzene rings is 3. The Bertz CT molecular complexity index is 1940. The van der Waals surface area contributed by atoms with Gasteiger partial charge in [-0.05, 0) is 60.9 Å². The van der Waals surface area contributed by atoms with Gasteiger partial charge in [0.25, 0.3) is 0 Å². The van der Waals surface area contributed by atoms with Crippen molar-refractivity contribution < 1.29 is 36.7 Å². The summed E-state index contributed by atoms with van der Waals surface area (Å²) in [5, 5.41) is 5.54. The molecule has 0 unspecified atom stereocenters. The molecule has 0 bridgehead atoms. The predicted octanol–water partition coefficient (Wildman–Crippen LogP) is 8.23. The third-order valence-electron chi connectivity index (χ3n) is 8.55. The Labute approximate surface area is 267 Å². The molecule has 12 heteroatoms. The highest BCUT2D eigenvalue weighted by Crippen LogP contribution is 2.46. The van der Waals surface area contributed by atoms with Crippen LogP contribution in [0.2, 0.25) is 5.02 Å². The van der Waals surface area contributed by atoms with Crippen molar-refractivity contribution in [1.29, 1.82) is 0 Å². The zero-order chi connectivity index (χ0) is 32.2. The van der Waals surface area contributed by atoms with Crippen LogP contribution in [0.1, 0.15) is 51.9 Å². The number of halogens is 4. The Morgan fingerprint density at radius 2 is 1.85 bits per heavy atom. The van der Waals surface area contributed by atoms with E-state index >= 15 is 0 Å². The van der Waals surface area contributed by atoms with E-state index in [-0.39, 0.29) is 41.4 Å². The average molecular weight is 652 g/mol. The van der Waals surface area contributed by atoms with E-state index < -0.39 is 6.36 Å². The fraction of sp³-hybridized carbons (Fsp3) is 0.294. The lowest BCUT2D eigenvalue weighted by atomic mass is 9.90. The molecule has 1 saturated carbocycles. The molecule has 0 N–H and O–H groups in total. The van der Waals surface area contributed by atoms with Crippen LogP contribution in [0.3, 0.4) is 0 Å². The lowest BCUT2D eigenvalue weighted by molar-refractivity contribution is -0.274. The Balaban J connectivity index is 1.06. The fourth-order valence-electron chi connectivity index (χ4n) is 6.04. The molecule has 2 aromatic heterocycles. The van der Waals surface area contributed by atoms with Crippen LogP contribution in [-0.2, 0) is 18.4 Å². The van der Waals surface area contributed by atoms with E-state index in [0.29, 0.717) is 27.7 Å². The number of carbonyl (C=O) groups excluding carboxylic acids is 1. The van der Waals surface area contributed by atoms with Gasteiger partial charge >= 0.3 is 12.3 Å². The Kier molecular flexibility index (Phi) is 7.59. The average Bonchev–Trinajstić information content (AvgIpc) is 3.68. The third-order valence-corrected chi connectivity index (χ3v) is 8.88. The van der Waals surface area contributed by atoms with Gasteiger partial charge in [0.1, 0.15) is 29.6 Å². The summed E-state index contributed by atoms with van der Waals surface area (Å²) in [5.41, 5.74) is 4.48. The number of hydrogen-bond acceptors (Lipinski definition) is 7. The van der Waals surface area contributed by atoms with Crippen LogP contribution in [0.5, 0.6) is 11.5 Å². The first-order chi connectivity index (χ1) is 22.1. The number of esters is 1. The number of ether oxygens (including phenoxy) is 3. The molecule has 3 aromatic carbocycles. The number of carbonyl (C=O) groups is 1. The second-order valence-corrected chi connectivity index (χ2v) is 12.0. The maximum Gasteiger partial charge on any atom is 0.573 e. The van der Waals surface area contributed by atoms with Crippen LogP contribution in [0, 0.1) is 0 Å². The second-order valence-electron chi connectivity index (χ2n) is 11.6. The van der Waals surface area contributed by atoms with Gasteiger partial charge in [-0.1, -0.05) is 35.0 Å². The van der Waals surface area contributed by atoms with Gasteiger partial charge in [-0.15, -0.1) is 13.2 Å². The van der Waals surface area contributed by atoms with Gasteiger partial charge in [0, 0.05) is 65.3 Å². The predicted molar refractivity (Wildman–Crippen MR) is 166 cm³/mol. The van der Waals surface area contributed by atoms with Gasteiger partial charge in [-0.25, -0.2) is 4.79 Å². The lowest BCUT2D eigenvalue weighted by Crippen LogP contribution is -2.45. The van der Waals surface area contributed by atoms with Crippen molar-refractivity contribution in [2.45, 2.75) is 37.6 Å². The molecule has 1 aliphatic carbocycles. The van der Waals surface area contributed by atoms with Gasteiger partial charge in [-0.2, -0.15) is 0 Å². The smallest absolute Gasteiger partial charge is 0.489 e. The molecule has 0 spiro atoms. The molecule has 238 valence electrons. The van der Waals surface area contributed by atoms with E-state index in [0.717, 1.165) is 48.1 Å². The quantitative estimate of drug-likeness (QED) is 0.149.